The minimum absolute atomic E-state index is 0.342. The summed E-state index contributed by atoms with van der Waals surface area (Å²) in [6.45, 7) is 9.50. The van der Waals surface area contributed by atoms with E-state index >= 15 is 0 Å². The lowest BCUT2D eigenvalue weighted by Crippen LogP contribution is -2.60. The zero-order chi connectivity index (χ0) is 18.9. The maximum atomic E-state index is 11.9. The molecule has 140 valence electrons. The van der Waals surface area contributed by atoms with Gasteiger partial charge in [-0.1, -0.05) is 0 Å². The molecule has 24 heavy (non-hydrogen) atoms. The van der Waals surface area contributed by atoms with Crippen molar-refractivity contribution < 1.29 is 39.1 Å². The third kappa shape index (κ3) is 5.14. The van der Waals surface area contributed by atoms with Gasteiger partial charge in [0.25, 0.3) is 0 Å². The largest absolute Gasteiger partial charge is 0.462 e. The average Bonchev–Trinajstić information content (AvgIpc) is 2.43. The van der Waals surface area contributed by atoms with Crippen molar-refractivity contribution >= 4 is 11.9 Å². The highest BCUT2D eigenvalue weighted by atomic mass is 16.7. The van der Waals surface area contributed by atoms with Crippen molar-refractivity contribution in [2.75, 3.05) is 6.61 Å². The van der Waals surface area contributed by atoms with Crippen LogP contribution in [-0.2, 0) is 23.8 Å². The van der Waals surface area contributed by atoms with Crippen molar-refractivity contribution in [1.82, 2.24) is 0 Å². The van der Waals surface area contributed by atoms with E-state index in [1.54, 1.807) is 41.5 Å². The molecular weight excluding hydrogens is 320 g/mol. The monoisotopic (exact) mass is 348 g/mol. The third-order valence-electron chi connectivity index (χ3n) is 3.51. The van der Waals surface area contributed by atoms with Crippen LogP contribution in [0.3, 0.4) is 0 Å². The van der Waals surface area contributed by atoms with Crippen LogP contribution >= 0.6 is 0 Å². The van der Waals surface area contributed by atoms with Crippen LogP contribution in [0, 0.1) is 10.8 Å². The van der Waals surface area contributed by atoms with E-state index in [-0.39, 0.29) is 6.61 Å². The molecule has 1 fully saturated rings. The molecule has 0 unspecified atom stereocenters. The van der Waals surface area contributed by atoms with Crippen molar-refractivity contribution in [2.45, 2.75) is 72.2 Å². The molecule has 5 atom stereocenters. The molecule has 1 heterocycles. The Morgan fingerprint density at radius 3 is 1.88 bits per heavy atom. The molecule has 0 spiro atoms. The summed E-state index contributed by atoms with van der Waals surface area (Å²) in [6.07, 6.45) is -7.27. The molecule has 8 heteroatoms. The molecule has 0 saturated carbocycles. The van der Waals surface area contributed by atoms with Crippen LogP contribution in [0.5, 0.6) is 0 Å². The molecule has 1 aliphatic rings. The van der Waals surface area contributed by atoms with Gasteiger partial charge in [0.2, 0.25) is 0 Å². The fraction of sp³-hybridized carbons (Fsp3) is 0.875. The molecule has 0 aromatic carbocycles. The number of hydrogen-bond acceptors (Lipinski definition) is 8. The number of esters is 2. The summed E-state index contributed by atoms with van der Waals surface area (Å²) in [7, 11) is 0. The Bertz CT molecular complexity index is 460. The molecule has 0 radical (unpaired) electrons. The second-order valence-corrected chi connectivity index (χ2v) is 8.01. The Morgan fingerprint density at radius 1 is 0.917 bits per heavy atom. The molecular formula is C16H28O8. The van der Waals surface area contributed by atoms with E-state index in [0.29, 0.717) is 0 Å². The second kappa shape index (κ2) is 7.35. The first-order valence-corrected chi connectivity index (χ1v) is 7.83. The van der Waals surface area contributed by atoms with Crippen LogP contribution in [0.2, 0.25) is 0 Å². The van der Waals surface area contributed by atoms with Gasteiger partial charge in [-0.05, 0) is 41.5 Å². The summed E-state index contributed by atoms with van der Waals surface area (Å²) < 4.78 is 15.2. The minimum Gasteiger partial charge on any atom is -0.462 e. The van der Waals surface area contributed by atoms with Crippen molar-refractivity contribution in [3.8, 4) is 0 Å². The van der Waals surface area contributed by atoms with E-state index in [1.807, 2.05) is 0 Å². The van der Waals surface area contributed by atoms with E-state index < -0.39 is 53.5 Å². The highest BCUT2D eigenvalue weighted by Crippen LogP contribution is 2.26. The summed E-state index contributed by atoms with van der Waals surface area (Å²) in [6, 6.07) is 0. The summed E-state index contributed by atoms with van der Waals surface area (Å²) in [5, 5.41) is 30.2. The number of aliphatic hydroxyl groups excluding tert-OH is 3. The molecule has 0 amide bonds. The van der Waals surface area contributed by atoms with Crippen molar-refractivity contribution in [1.29, 1.82) is 0 Å². The zero-order valence-electron chi connectivity index (χ0n) is 15.0. The van der Waals surface area contributed by atoms with Gasteiger partial charge in [0.15, 0.2) is 12.4 Å². The van der Waals surface area contributed by atoms with Gasteiger partial charge in [-0.3, -0.25) is 9.59 Å². The van der Waals surface area contributed by atoms with Gasteiger partial charge in [0.1, 0.15) is 24.9 Å². The number of rotatable bonds is 3. The molecule has 1 aliphatic heterocycles. The number of carbonyl (C=O) groups is 2. The lowest BCUT2D eigenvalue weighted by molar-refractivity contribution is -0.293. The van der Waals surface area contributed by atoms with E-state index in [4.69, 9.17) is 14.2 Å². The molecule has 8 nitrogen and oxygen atoms in total. The van der Waals surface area contributed by atoms with Crippen molar-refractivity contribution in [3.05, 3.63) is 0 Å². The maximum Gasteiger partial charge on any atom is 0.311 e. The molecule has 0 aliphatic carbocycles. The van der Waals surface area contributed by atoms with E-state index in [0.717, 1.165) is 0 Å². The standard InChI is InChI=1S/C16H28O8/c1-15(2,3)13(20)22-7-8-9(17)10(18)11(12(19)23-8)24-14(21)16(4,5)6/h8-12,17-19H,7H2,1-6H3/t8-,9+,10+,11-,12+/m1/s1. The lowest BCUT2D eigenvalue weighted by atomic mass is 9.95. The van der Waals surface area contributed by atoms with Gasteiger partial charge in [-0.15, -0.1) is 0 Å². The molecule has 0 aromatic heterocycles. The fourth-order valence-corrected chi connectivity index (χ4v) is 1.86. The highest BCUT2D eigenvalue weighted by molar-refractivity contribution is 5.76. The Balaban J connectivity index is 2.70. The molecule has 1 saturated heterocycles. The molecule has 0 aromatic rings. The number of carbonyl (C=O) groups excluding carboxylic acids is 2. The molecule has 3 N–H and O–H groups in total. The van der Waals surface area contributed by atoms with Crippen LogP contribution in [0.25, 0.3) is 0 Å². The van der Waals surface area contributed by atoms with Gasteiger partial charge in [0.05, 0.1) is 10.8 Å². The third-order valence-corrected chi connectivity index (χ3v) is 3.51. The average molecular weight is 348 g/mol. The first kappa shape index (κ1) is 20.8. The van der Waals surface area contributed by atoms with E-state index in [9.17, 15) is 24.9 Å². The zero-order valence-corrected chi connectivity index (χ0v) is 15.0. The predicted octanol–water partition coefficient (Wildman–Crippen LogP) is -0.0274. The topological polar surface area (TPSA) is 123 Å². The van der Waals surface area contributed by atoms with Crippen LogP contribution in [0.1, 0.15) is 41.5 Å². The van der Waals surface area contributed by atoms with Gasteiger partial charge in [-0.25, -0.2) is 0 Å². The fourth-order valence-electron chi connectivity index (χ4n) is 1.86. The second-order valence-electron chi connectivity index (χ2n) is 8.01. The highest BCUT2D eigenvalue weighted by Gasteiger charge is 2.47. The van der Waals surface area contributed by atoms with Crippen molar-refractivity contribution in [2.24, 2.45) is 10.8 Å². The Morgan fingerprint density at radius 2 is 1.42 bits per heavy atom. The Kier molecular flexibility index (Phi) is 6.37. The van der Waals surface area contributed by atoms with Crippen LogP contribution in [-0.4, -0.2) is 64.6 Å². The Hall–Kier alpha value is -1.22. The van der Waals surface area contributed by atoms with E-state index in [2.05, 4.69) is 0 Å². The smallest absolute Gasteiger partial charge is 0.311 e. The van der Waals surface area contributed by atoms with Gasteiger partial charge in [-0.2, -0.15) is 0 Å². The minimum atomic E-state index is -1.65. The lowest BCUT2D eigenvalue weighted by Gasteiger charge is -2.40. The SMILES string of the molecule is CC(C)(C)C(=O)OC[C@H]1O[C@H](O)[C@H](OC(=O)C(C)(C)C)[C@@H](O)[C@H]1O. The van der Waals surface area contributed by atoms with Gasteiger partial charge < -0.3 is 29.5 Å². The van der Waals surface area contributed by atoms with Crippen LogP contribution in [0.15, 0.2) is 0 Å². The first-order chi connectivity index (χ1) is 10.7. The normalized spacial score (nSPS) is 31.5. The van der Waals surface area contributed by atoms with Gasteiger partial charge >= 0.3 is 11.9 Å². The maximum absolute atomic E-state index is 11.9. The number of aliphatic hydroxyl groups is 3. The summed E-state index contributed by atoms with van der Waals surface area (Å²) in [4.78, 5) is 23.6. The van der Waals surface area contributed by atoms with E-state index in [1.165, 1.54) is 0 Å². The van der Waals surface area contributed by atoms with Crippen molar-refractivity contribution in [3.63, 3.8) is 0 Å². The number of ether oxygens (including phenoxy) is 3. The summed E-state index contributed by atoms with van der Waals surface area (Å²) in [5.74, 6) is -1.16. The molecule has 1 rings (SSSR count). The van der Waals surface area contributed by atoms with Crippen LogP contribution in [0.4, 0.5) is 0 Å². The molecule has 0 bridgehead atoms. The quantitative estimate of drug-likeness (QED) is 0.608. The first-order valence-electron chi connectivity index (χ1n) is 7.83. The summed E-state index contributed by atoms with van der Waals surface area (Å²) >= 11 is 0. The predicted molar refractivity (Wildman–Crippen MR) is 82.6 cm³/mol. The van der Waals surface area contributed by atoms with Gasteiger partial charge in [0, 0.05) is 0 Å². The Labute approximate surface area is 141 Å². The summed E-state index contributed by atoms with van der Waals surface area (Å²) in [5.41, 5.74) is -1.58. The van der Waals surface area contributed by atoms with Crippen LogP contribution < -0.4 is 0 Å². The number of hydrogen-bond donors (Lipinski definition) is 3.